The van der Waals surface area contributed by atoms with Crippen LogP contribution in [0.5, 0.6) is 0 Å². The molecule has 1 heterocycles. The second-order valence-electron chi connectivity index (χ2n) is 5.19. The van der Waals surface area contributed by atoms with Crippen LogP contribution in [0.2, 0.25) is 0 Å². The number of hydrogen-bond donors (Lipinski definition) is 3. The number of hydrogen-bond acceptors (Lipinski definition) is 5. The van der Waals surface area contributed by atoms with Crippen molar-refractivity contribution in [1.82, 2.24) is 25.1 Å². The molecule has 0 aliphatic heterocycles. The minimum atomic E-state index is -3.56. The van der Waals surface area contributed by atoms with Crippen molar-refractivity contribution in [2.75, 3.05) is 27.2 Å². The van der Waals surface area contributed by atoms with Crippen LogP contribution in [-0.4, -0.2) is 56.7 Å². The summed E-state index contributed by atoms with van der Waals surface area (Å²) < 4.78 is 27.6. The highest BCUT2D eigenvalue weighted by Crippen LogP contribution is 2.17. The van der Waals surface area contributed by atoms with Crippen LogP contribution >= 0.6 is 0 Å². The Kier molecular flexibility index (Phi) is 6.12. The smallest absolute Gasteiger partial charge is 0.244 e. The number of sulfonamides is 1. The fourth-order valence-electron chi connectivity index (χ4n) is 2.10. The summed E-state index contributed by atoms with van der Waals surface area (Å²) in [6.07, 6.45) is 0. The second kappa shape index (κ2) is 7.16. The monoisotopic (exact) mass is 303 g/mol. The number of likely N-dealkylation sites (N-methyl/N-ethyl adjacent to an activating group) is 1. The van der Waals surface area contributed by atoms with Crippen LogP contribution in [0.25, 0.3) is 0 Å². The number of nitrogens with one attached hydrogen (secondary N) is 3. The van der Waals surface area contributed by atoms with E-state index in [4.69, 9.17) is 0 Å². The van der Waals surface area contributed by atoms with Gasteiger partial charge in [-0.2, -0.15) is 5.10 Å². The van der Waals surface area contributed by atoms with E-state index in [9.17, 15) is 8.42 Å². The number of H-pyrrole nitrogens is 1. The van der Waals surface area contributed by atoms with E-state index in [2.05, 4.69) is 20.2 Å². The summed E-state index contributed by atoms with van der Waals surface area (Å²) >= 11 is 0. The van der Waals surface area contributed by atoms with Gasteiger partial charge in [0.15, 0.2) is 0 Å². The summed E-state index contributed by atoms with van der Waals surface area (Å²) in [5.74, 6) is 0. The Morgan fingerprint density at radius 3 is 2.60 bits per heavy atom. The molecule has 8 heteroatoms. The van der Waals surface area contributed by atoms with Crippen LogP contribution < -0.4 is 10.0 Å². The summed E-state index contributed by atoms with van der Waals surface area (Å²) in [6.45, 7) is 7.35. The Bertz CT molecular complexity index is 524. The first-order chi connectivity index (χ1) is 9.27. The first kappa shape index (κ1) is 17.1. The minimum absolute atomic E-state index is 0.170. The quantitative estimate of drug-likeness (QED) is 0.632. The van der Waals surface area contributed by atoms with E-state index in [0.717, 1.165) is 6.54 Å². The van der Waals surface area contributed by atoms with Crippen LogP contribution in [0.3, 0.4) is 0 Å². The standard InChI is InChI=1S/C12H25N5O2S/c1-6-13-7-11-12(10(3)14-15-11)20(18,19)16-9(2)8-17(4)5/h9,13,16H,6-8H2,1-5H3,(H,14,15). The normalized spacial score (nSPS) is 13.9. The van der Waals surface area contributed by atoms with Crippen LogP contribution in [0.15, 0.2) is 4.90 Å². The molecule has 3 N–H and O–H groups in total. The van der Waals surface area contributed by atoms with Gasteiger partial charge in [-0.1, -0.05) is 6.92 Å². The van der Waals surface area contributed by atoms with E-state index in [1.165, 1.54) is 0 Å². The molecule has 1 rings (SSSR count). The van der Waals surface area contributed by atoms with Crippen molar-refractivity contribution in [3.05, 3.63) is 11.4 Å². The van der Waals surface area contributed by atoms with Crippen LogP contribution in [-0.2, 0) is 16.6 Å². The van der Waals surface area contributed by atoms with Crippen LogP contribution in [0, 0.1) is 6.92 Å². The summed E-state index contributed by atoms with van der Waals surface area (Å²) in [7, 11) is 0.251. The average molecular weight is 303 g/mol. The SMILES string of the molecule is CCNCc1n[nH]c(C)c1S(=O)(=O)NC(C)CN(C)C. The van der Waals surface area contributed by atoms with Gasteiger partial charge in [0.1, 0.15) is 4.90 Å². The summed E-state index contributed by atoms with van der Waals surface area (Å²) in [6, 6.07) is -0.170. The Hall–Kier alpha value is -0.960. The number of nitrogens with zero attached hydrogens (tertiary/aromatic N) is 2. The number of rotatable bonds is 8. The van der Waals surface area contributed by atoms with Crippen molar-refractivity contribution in [3.63, 3.8) is 0 Å². The fraction of sp³-hybridized carbons (Fsp3) is 0.750. The number of aryl methyl sites for hydroxylation is 1. The highest BCUT2D eigenvalue weighted by atomic mass is 32.2. The summed E-state index contributed by atoms with van der Waals surface area (Å²) in [5, 5.41) is 9.91. The molecule has 0 saturated carbocycles. The maximum absolute atomic E-state index is 12.5. The highest BCUT2D eigenvalue weighted by molar-refractivity contribution is 7.89. The molecule has 0 spiro atoms. The minimum Gasteiger partial charge on any atom is -0.311 e. The lowest BCUT2D eigenvalue weighted by Gasteiger charge is -2.18. The topological polar surface area (TPSA) is 90.1 Å². The van der Waals surface area contributed by atoms with Gasteiger partial charge in [-0.25, -0.2) is 13.1 Å². The molecule has 1 atom stereocenters. The van der Waals surface area contributed by atoms with E-state index >= 15 is 0 Å². The average Bonchev–Trinajstić information content (AvgIpc) is 2.66. The Morgan fingerprint density at radius 1 is 1.40 bits per heavy atom. The van der Waals surface area contributed by atoms with Gasteiger partial charge in [-0.3, -0.25) is 5.10 Å². The van der Waals surface area contributed by atoms with Crippen molar-refractivity contribution < 1.29 is 8.42 Å². The van der Waals surface area contributed by atoms with Gasteiger partial charge in [0.05, 0.1) is 11.4 Å². The Balaban J connectivity index is 2.94. The molecule has 0 aromatic carbocycles. The van der Waals surface area contributed by atoms with E-state index in [0.29, 0.717) is 24.5 Å². The van der Waals surface area contributed by atoms with E-state index in [-0.39, 0.29) is 10.9 Å². The van der Waals surface area contributed by atoms with Crippen molar-refractivity contribution in [2.24, 2.45) is 0 Å². The predicted molar refractivity (Wildman–Crippen MR) is 79.0 cm³/mol. The van der Waals surface area contributed by atoms with Crippen molar-refractivity contribution in [3.8, 4) is 0 Å². The molecular weight excluding hydrogens is 278 g/mol. The molecular formula is C12H25N5O2S. The van der Waals surface area contributed by atoms with E-state index in [1.807, 2.05) is 32.8 Å². The summed E-state index contributed by atoms with van der Waals surface area (Å²) in [5.41, 5.74) is 1.08. The molecule has 7 nitrogen and oxygen atoms in total. The van der Waals surface area contributed by atoms with Gasteiger partial charge in [0, 0.05) is 19.1 Å². The van der Waals surface area contributed by atoms with Crippen molar-refractivity contribution in [1.29, 1.82) is 0 Å². The third-order valence-corrected chi connectivity index (χ3v) is 4.56. The van der Waals surface area contributed by atoms with Crippen molar-refractivity contribution >= 4 is 10.0 Å². The molecule has 0 bridgehead atoms. The zero-order chi connectivity index (χ0) is 15.3. The lowest BCUT2D eigenvalue weighted by atomic mass is 10.3. The first-order valence-electron chi connectivity index (χ1n) is 6.69. The van der Waals surface area contributed by atoms with Gasteiger partial charge in [0.2, 0.25) is 10.0 Å². The van der Waals surface area contributed by atoms with Gasteiger partial charge in [-0.05, 0) is 34.5 Å². The molecule has 0 radical (unpaired) electrons. The molecule has 0 amide bonds. The highest BCUT2D eigenvalue weighted by Gasteiger charge is 2.25. The molecule has 0 fully saturated rings. The Morgan fingerprint density at radius 2 is 2.05 bits per heavy atom. The third-order valence-electron chi connectivity index (χ3n) is 2.77. The lowest BCUT2D eigenvalue weighted by Crippen LogP contribution is -2.40. The maximum atomic E-state index is 12.5. The lowest BCUT2D eigenvalue weighted by molar-refractivity contribution is 0.370. The van der Waals surface area contributed by atoms with Crippen LogP contribution in [0.1, 0.15) is 25.2 Å². The molecule has 1 aromatic heterocycles. The molecule has 0 saturated heterocycles. The molecule has 1 unspecified atom stereocenters. The maximum Gasteiger partial charge on any atom is 0.244 e. The van der Waals surface area contributed by atoms with E-state index < -0.39 is 10.0 Å². The summed E-state index contributed by atoms with van der Waals surface area (Å²) in [4.78, 5) is 2.19. The molecule has 20 heavy (non-hydrogen) atoms. The fourth-order valence-corrected chi connectivity index (χ4v) is 3.70. The molecule has 1 aromatic rings. The Labute approximate surface area is 121 Å². The van der Waals surface area contributed by atoms with Gasteiger partial charge >= 0.3 is 0 Å². The second-order valence-corrected chi connectivity index (χ2v) is 6.84. The molecule has 0 aliphatic rings. The largest absolute Gasteiger partial charge is 0.311 e. The zero-order valence-electron chi connectivity index (χ0n) is 12.8. The van der Waals surface area contributed by atoms with Crippen molar-refractivity contribution in [2.45, 2.75) is 38.3 Å². The third kappa shape index (κ3) is 4.55. The van der Waals surface area contributed by atoms with Crippen LogP contribution in [0.4, 0.5) is 0 Å². The van der Waals surface area contributed by atoms with Gasteiger partial charge in [-0.15, -0.1) is 0 Å². The molecule has 0 aliphatic carbocycles. The zero-order valence-corrected chi connectivity index (χ0v) is 13.6. The van der Waals surface area contributed by atoms with Gasteiger partial charge < -0.3 is 10.2 Å². The van der Waals surface area contributed by atoms with Gasteiger partial charge in [0.25, 0.3) is 0 Å². The molecule has 116 valence electrons. The first-order valence-corrected chi connectivity index (χ1v) is 8.17. The number of aromatic amines is 1. The van der Waals surface area contributed by atoms with E-state index in [1.54, 1.807) is 6.92 Å². The predicted octanol–water partition coefficient (Wildman–Crippen LogP) is 0.0560. The number of aromatic nitrogens is 2.